The van der Waals surface area contributed by atoms with Crippen molar-refractivity contribution >= 4 is 63.7 Å². The average Bonchev–Trinajstić information content (AvgIpc) is 3.37. The van der Waals surface area contributed by atoms with Gasteiger partial charge in [-0.25, -0.2) is 0 Å². The Hall–Kier alpha value is -3.08. The van der Waals surface area contributed by atoms with E-state index < -0.39 is 11.8 Å². The molecule has 0 radical (unpaired) electrons. The number of nitrogens with zero attached hydrogens (tertiary/aromatic N) is 1. The molecule has 2 aliphatic heterocycles. The van der Waals surface area contributed by atoms with E-state index in [2.05, 4.69) is 10.9 Å². The van der Waals surface area contributed by atoms with Crippen LogP contribution in [0, 0.1) is 0 Å². The van der Waals surface area contributed by atoms with Gasteiger partial charge >= 0.3 is 0 Å². The fourth-order valence-electron chi connectivity index (χ4n) is 3.15. The minimum Gasteiger partial charge on any atom is -0.454 e. The number of hydrogen-bond acceptors (Lipinski definition) is 7. The van der Waals surface area contributed by atoms with E-state index in [4.69, 9.17) is 33.3 Å². The quantitative estimate of drug-likeness (QED) is 0.353. The first-order valence-electron chi connectivity index (χ1n) is 9.91. The third kappa shape index (κ3) is 5.47. The Kier molecular flexibility index (Phi) is 7.17. The number of rotatable bonds is 6. The van der Waals surface area contributed by atoms with Crippen molar-refractivity contribution in [2.45, 2.75) is 12.8 Å². The molecule has 1 fully saturated rings. The van der Waals surface area contributed by atoms with Crippen molar-refractivity contribution in [1.29, 1.82) is 0 Å². The highest BCUT2D eigenvalue weighted by molar-refractivity contribution is 8.26. The topological polar surface area (TPSA) is 97.0 Å². The maximum absolute atomic E-state index is 12.8. The lowest BCUT2D eigenvalue weighted by atomic mass is 10.2. The summed E-state index contributed by atoms with van der Waals surface area (Å²) in [5, 5.41) is 0.285. The predicted molar refractivity (Wildman–Crippen MR) is 129 cm³/mol. The van der Waals surface area contributed by atoms with Gasteiger partial charge in [0.1, 0.15) is 4.32 Å². The molecule has 2 heterocycles. The van der Waals surface area contributed by atoms with E-state index in [1.807, 2.05) is 6.07 Å². The minimum absolute atomic E-state index is 0.0983. The Morgan fingerprint density at radius 3 is 2.76 bits per heavy atom. The summed E-state index contributed by atoms with van der Waals surface area (Å²) in [6.07, 6.45) is 2.22. The third-order valence-corrected chi connectivity index (χ3v) is 6.49. The van der Waals surface area contributed by atoms with Crippen molar-refractivity contribution in [3.63, 3.8) is 0 Å². The number of carbonyl (C=O) groups excluding carboxylic acids is 3. The first-order valence-corrected chi connectivity index (χ1v) is 11.5. The molecule has 2 aliphatic rings. The number of thioether (sulfide) groups is 1. The molecule has 0 aliphatic carbocycles. The van der Waals surface area contributed by atoms with Gasteiger partial charge in [0.05, 0.1) is 15.5 Å². The van der Waals surface area contributed by atoms with E-state index in [0.717, 1.165) is 5.56 Å². The Labute approximate surface area is 204 Å². The summed E-state index contributed by atoms with van der Waals surface area (Å²) in [4.78, 5) is 38.9. The number of thiocarbonyl (C=S) groups is 1. The van der Waals surface area contributed by atoms with Gasteiger partial charge in [0.15, 0.2) is 11.5 Å². The van der Waals surface area contributed by atoms with Crippen LogP contribution in [0.2, 0.25) is 5.02 Å². The fraction of sp³-hybridized carbons (Fsp3) is 0.182. The van der Waals surface area contributed by atoms with Crippen molar-refractivity contribution < 1.29 is 23.9 Å². The van der Waals surface area contributed by atoms with E-state index in [-0.39, 0.29) is 36.3 Å². The molecular weight excluding hydrogens is 486 g/mol. The van der Waals surface area contributed by atoms with Crippen LogP contribution in [-0.2, 0) is 9.59 Å². The van der Waals surface area contributed by atoms with Crippen molar-refractivity contribution in [3.8, 4) is 11.5 Å². The summed E-state index contributed by atoms with van der Waals surface area (Å²) in [5.74, 6) is 0.180. The molecule has 1 saturated heterocycles. The first-order chi connectivity index (χ1) is 15.9. The molecule has 4 rings (SSSR count). The van der Waals surface area contributed by atoms with Gasteiger partial charge in [-0.15, -0.1) is 0 Å². The third-order valence-electron chi connectivity index (χ3n) is 4.79. The monoisotopic (exact) mass is 503 g/mol. The van der Waals surface area contributed by atoms with Crippen molar-refractivity contribution in [2.75, 3.05) is 13.3 Å². The van der Waals surface area contributed by atoms with Crippen LogP contribution in [0.4, 0.5) is 0 Å². The second-order valence-corrected chi connectivity index (χ2v) is 9.11. The van der Waals surface area contributed by atoms with Crippen LogP contribution < -0.4 is 20.3 Å². The fourth-order valence-corrected chi connectivity index (χ4v) is 4.68. The second-order valence-electron chi connectivity index (χ2n) is 7.03. The summed E-state index contributed by atoms with van der Waals surface area (Å²) in [5.41, 5.74) is 5.73. The number of carbonyl (C=O) groups is 3. The molecule has 2 aromatic rings. The number of ether oxygens (including phenoxy) is 2. The zero-order chi connectivity index (χ0) is 23.4. The lowest BCUT2D eigenvalue weighted by Gasteiger charge is -2.14. The molecule has 0 bridgehead atoms. The van der Waals surface area contributed by atoms with E-state index in [9.17, 15) is 14.4 Å². The average molecular weight is 504 g/mol. The summed E-state index contributed by atoms with van der Waals surface area (Å²) in [6.45, 7) is 0.465. The van der Waals surface area contributed by atoms with E-state index in [1.54, 1.807) is 42.5 Å². The molecule has 0 atom stereocenters. The molecule has 0 aromatic heterocycles. The van der Waals surface area contributed by atoms with E-state index in [1.165, 1.54) is 16.7 Å². The standard InChI is InChI=1S/C22H18ClN3O5S2/c23-15-5-2-1-4-14(15)20(28)25-24-19(27)6-3-9-26-21(29)18(33-22(26)32)11-13-7-8-16-17(10-13)31-12-30-16/h1-2,4-5,7-8,10-11H,3,6,9,12H2,(H,24,27)(H,25,28). The van der Waals surface area contributed by atoms with Gasteiger partial charge < -0.3 is 9.47 Å². The SMILES string of the molecule is O=C(CCCN1C(=O)C(=Cc2ccc3c(c2)OCO3)SC1=S)NNC(=O)c1ccccc1Cl. The van der Waals surface area contributed by atoms with Gasteiger partial charge in [-0.05, 0) is 42.3 Å². The first kappa shape index (κ1) is 23.1. The lowest BCUT2D eigenvalue weighted by molar-refractivity contribution is -0.124. The van der Waals surface area contributed by atoms with Crippen molar-refractivity contribution in [3.05, 3.63) is 63.5 Å². The number of amides is 3. The number of nitrogens with one attached hydrogen (secondary N) is 2. The maximum Gasteiger partial charge on any atom is 0.271 e. The van der Waals surface area contributed by atoms with Gasteiger partial charge in [-0.2, -0.15) is 0 Å². The Morgan fingerprint density at radius 2 is 1.94 bits per heavy atom. The number of hydrazine groups is 1. The molecule has 0 spiro atoms. The predicted octanol–water partition coefficient (Wildman–Crippen LogP) is 3.51. The lowest BCUT2D eigenvalue weighted by Crippen LogP contribution is -2.42. The molecule has 0 saturated carbocycles. The summed E-state index contributed by atoms with van der Waals surface area (Å²) in [7, 11) is 0. The largest absolute Gasteiger partial charge is 0.454 e. The number of halogens is 1. The van der Waals surface area contributed by atoms with Gasteiger partial charge in [-0.3, -0.25) is 30.1 Å². The highest BCUT2D eigenvalue weighted by Gasteiger charge is 2.31. The van der Waals surface area contributed by atoms with Crippen LogP contribution in [0.1, 0.15) is 28.8 Å². The van der Waals surface area contributed by atoms with Gasteiger partial charge in [0.25, 0.3) is 11.8 Å². The molecule has 3 amide bonds. The molecule has 2 N–H and O–H groups in total. The second kappa shape index (κ2) is 10.2. The zero-order valence-corrected chi connectivity index (χ0v) is 19.5. The summed E-state index contributed by atoms with van der Waals surface area (Å²) >= 11 is 12.5. The molecule has 2 aromatic carbocycles. The van der Waals surface area contributed by atoms with Crippen LogP contribution >= 0.6 is 35.6 Å². The number of fused-ring (bicyclic) bond motifs is 1. The van der Waals surface area contributed by atoms with Crippen LogP contribution in [-0.4, -0.2) is 40.3 Å². The molecular formula is C22H18ClN3O5S2. The molecule has 11 heteroatoms. The smallest absolute Gasteiger partial charge is 0.271 e. The van der Waals surface area contributed by atoms with Crippen LogP contribution in [0.15, 0.2) is 47.4 Å². The van der Waals surface area contributed by atoms with Crippen LogP contribution in [0.25, 0.3) is 6.08 Å². The van der Waals surface area contributed by atoms with Crippen LogP contribution in [0.5, 0.6) is 11.5 Å². The zero-order valence-electron chi connectivity index (χ0n) is 17.1. The highest BCUT2D eigenvalue weighted by atomic mass is 35.5. The Balaban J connectivity index is 1.26. The van der Waals surface area contributed by atoms with Gasteiger partial charge in [-0.1, -0.05) is 53.8 Å². The van der Waals surface area contributed by atoms with Gasteiger partial charge in [0.2, 0.25) is 12.7 Å². The number of hydrogen-bond donors (Lipinski definition) is 2. The molecule has 0 unspecified atom stereocenters. The Bertz CT molecular complexity index is 1170. The summed E-state index contributed by atoms with van der Waals surface area (Å²) in [6, 6.07) is 11.9. The van der Waals surface area contributed by atoms with Crippen LogP contribution in [0.3, 0.4) is 0 Å². The molecule has 170 valence electrons. The van der Waals surface area contributed by atoms with Crippen molar-refractivity contribution in [2.24, 2.45) is 0 Å². The number of benzene rings is 2. The Morgan fingerprint density at radius 1 is 1.15 bits per heavy atom. The molecule has 8 nitrogen and oxygen atoms in total. The maximum atomic E-state index is 12.8. The van der Waals surface area contributed by atoms with E-state index in [0.29, 0.717) is 27.1 Å². The molecule has 33 heavy (non-hydrogen) atoms. The minimum atomic E-state index is -0.514. The van der Waals surface area contributed by atoms with Gasteiger partial charge in [0, 0.05) is 13.0 Å². The highest BCUT2D eigenvalue weighted by Crippen LogP contribution is 2.36. The normalized spacial score (nSPS) is 15.8. The summed E-state index contributed by atoms with van der Waals surface area (Å²) < 4.78 is 11.1. The van der Waals surface area contributed by atoms with Crippen molar-refractivity contribution in [1.82, 2.24) is 15.8 Å². The van der Waals surface area contributed by atoms with E-state index >= 15 is 0 Å².